The molecule has 0 aromatic heterocycles. The largest absolute Gasteiger partial charge is 0.394 e. The first-order valence-corrected chi connectivity index (χ1v) is 6.44. The van der Waals surface area contributed by atoms with Gasteiger partial charge in [-0.05, 0) is 38.1 Å². The lowest BCUT2D eigenvalue weighted by Crippen LogP contribution is -2.36. The fraction of sp³-hybridized carbons (Fsp3) is 0.917. The average Bonchev–Trinajstić information content (AvgIpc) is 2.38. The van der Waals surface area contributed by atoms with Crippen LogP contribution in [-0.4, -0.2) is 43.9 Å². The summed E-state index contributed by atoms with van der Waals surface area (Å²) in [7, 11) is 0. The van der Waals surface area contributed by atoms with Crippen LogP contribution in [0.1, 0.15) is 25.7 Å². The molecule has 1 fully saturated rings. The van der Waals surface area contributed by atoms with E-state index in [1.54, 1.807) is 0 Å². The van der Waals surface area contributed by atoms with Gasteiger partial charge in [-0.1, -0.05) is 0 Å². The lowest BCUT2D eigenvalue weighted by atomic mass is 9.81. The number of rotatable bonds is 7. The molecule has 0 heterocycles. The summed E-state index contributed by atoms with van der Waals surface area (Å²) in [6, 6.07) is 0. The summed E-state index contributed by atoms with van der Waals surface area (Å²) in [6.07, 6.45) is 4.03. The molecule has 1 rings (SSSR count). The monoisotopic (exact) mass is 244 g/mol. The van der Waals surface area contributed by atoms with Crippen LogP contribution in [0.4, 0.5) is 0 Å². The van der Waals surface area contributed by atoms with Crippen LogP contribution in [0, 0.1) is 11.8 Å². The van der Waals surface area contributed by atoms with Crippen molar-refractivity contribution in [1.29, 1.82) is 0 Å². The van der Waals surface area contributed by atoms with Crippen LogP contribution in [0.25, 0.3) is 0 Å². The molecule has 1 amide bonds. The van der Waals surface area contributed by atoms with Crippen LogP contribution in [0.15, 0.2) is 0 Å². The number of hydrogen-bond acceptors (Lipinski definition) is 4. The number of carbonyl (C=O) groups is 1. The molecule has 4 N–H and O–H groups in total. The molecule has 17 heavy (non-hydrogen) atoms. The summed E-state index contributed by atoms with van der Waals surface area (Å²) in [6.45, 7) is 2.08. The van der Waals surface area contributed by atoms with Crippen molar-refractivity contribution in [3.63, 3.8) is 0 Å². The highest BCUT2D eigenvalue weighted by Gasteiger charge is 2.25. The molecule has 5 heteroatoms. The topological polar surface area (TPSA) is 84.6 Å². The number of hydrogen-bond donors (Lipinski definition) is 3. The molecule has 1 aliphatic carbocycles. The molecular formula is C12H24N2O3. The molecule has 0 bridgehead atoms. The van der Waals surface area contributed by atoms with Crippen molar-refractivity contribution in [3.05, 3.63) is 0 Å². The van der Waals surface area contributed by atoms with Gasteiger partial charge in [0.15, 0.2) is 0 Å². The standard InChI is InChI=1S/C12H24N2O3/c13-9-10-1-3-11(4-2-10)12(16)14-5-7-17-8-6-15/h10-11,15H,1-9,13H2,(H,14,16). The van der Waals surface area contributed by atoms with Gasteiger partial charge in [0.25, 0.3) is 0 Å². The van der Waals surface area contributed by atoms with Gasteiger partial charge >= 0.3 is 0 Å². The predicted octanol–water partition coefficient (Wildman–Crippen LogP) is -0.123. The van der Waals surface area contributed by atoms with Gasteiger partial charge in [-0.15, -0.1) is 0 Å². The zero-order valence-corrected chi connectivity index (χ0v) is 10.4. The Balaban J connectivity index is 2.08. The first-order chi connectivity index (χ1) is 8.27. The Bertz CT molecular complexity index is 216. The van der Waals surface area contributed by atoms with Crippen molar-refractivity contribution in [2.24, 2.45) is 17.6 Å². The molecule has 0 atom stereocenters. The summed E-state index contributed by atoms with van der Waals surface area (Å²) < 4.78 is 5.07. The number of amides is 1. The van der Waals surface area contributed by atoms with Crippen molar-refractivity contribution in [3.8, 4) is 0 Å². The van der Waals surface area contributed by atoms with Gasteiger partial charge in [0.1, 0.15) is 0 Å². The highest BCUT2D eigenvalue weighted by Crippen LogP contribution is 2.27. The third-order valence-electron chi connectivity index (χ3n) is 3.33. The lowest BCUT2D eigenvalue weighted by molar-refractivity contribution is -0.126. The Labute approximate surface area is 103 Å². The minimum absolute atomic E-state index is 0.0248. The van der Waals surface area contributed by atoms with E-state index in [4.69, 9.17) is 15.6 Å². The van der Waals surface area contributed by atoms with Crippen molar-refractivity contribution in [1.82, 2.24) is 5.32 Å². The zero-order valence-electron chi connectivity index (χ0n) is 10.4. The predicted molar refractivity (Wildman–Crippen MR) is 65.4 cm³/mol. The number of carbonyl (C=O) groups excluding carboxylic acids is 1. The van der Waals surface area contributed by atoms with E-state index in [1.165, 1.54) is 0 Å². The Kier molecular flexibility index (Phi) is 7.16. The quantitative estimate of drug-likeness (QED) is 0.545. The van der Waals surface area contributed by atoms with Gasteiger partial charge in [0, 0.05) is 12.5 Å². The second-order valence-electron chi connectivity index (χ2n) is 4.58. The number of ether oxygens (including phenoxy) is 1. The first kappa shape index (κ1) is 14.4. The maximum absolute atomic E-state index is 11.8. The van der Waals surface area contributed by atoms with Gasteiger partial charge < -0.3 is 20.9 Å². The Morgan fingerprint density at radius 1 is 1.29 bits per heavy atom. The summed E-state index contributed by atoms with van der Waals surface area (Å²) in [5.41, 5.74) is 5.61. The summed E-state index contributed by atoms with van der Waals surface area (Å²) in [4.78, 5) is 11.8. The molecule has 0 unspecified atom stereocenters. The highest BCUT2D eigenvalue weighted by molar-refractivity contribution is 5.78. The Hall–Kier alpha value is -0.650. The first-order valence-electron chi connectivity index (χ1n) is 6.44. The van der Waals surface area contributed by atoms with E-state index < -0.39 is 0 Å². The molecule has 0 radical (unpaired) electrons. The van der Waals surface area contributed by atoms with Crippen molar-refractivity contribution in [2.75, 3.05) is 32.9 Å². The van der Waals surface area contributed by atoms with E-state index >= 15 is 0 Å². The van der Waals surface area contributed by atoms with Gasteiger partial charge in [-0.3, -0.25) is 4.79 Å². The molecule has 0 saturated heterocycles. The molecule has 1 aliphatic rings. The molecular weight excluding hydrogens is 220 g/mol. The fourth-order valence-electron chi connectivity index (χ4n) is 2.22. The Morgan fingerprint density at radius 3 is 2.59 bits per heavy atom. The van der Waals surface area contributed by atoms with Crippen LogP contribution in [-0.2, 0) is 9.53 Å². The third kappa shape index (κ3) is 5.48. The number of nitrogens with two attached hydrogens (primary N) is 1. The molecule has 0 aromatic rings. The van der Waals surface area contributed by atoms with E-state index in [0.717, 1.165) is 32.2 Å². The molecule has 100 valence electrons. The second-order valence-corrected chi connectivity index (χ2v) is 4.58. The van der Waals surface area contributed by atoms with Crippen LogP contribution < -0.4 is 11.1 Å². The summed E-state index contributed by atoms with van der Waals surface area (Å²) in [5, 5.41) is 11.4. The fourth-order valence-corrected chi connectivity index (χ4v) is 2.22. The second kappa shape index (κ2) is 8.44. The Morgan fingerprint density at radius 2 is 2.00 bits per heavy atom. The van der Waals surface area contributed by atoms with Crippen molar-refractivity contribution in [2.45, 2.75) is 25.7 Å². The highest BCUT2D eigenvalue weighted by atomic mass is 16.5. The van der Waals surface area contributed by atoms with E-state index in [-0.39, 0.29) is 18.4 Å². The minimum Gasteiger partial charge on any atom is -0.394 e. The van der Waals surface area contributed by atoms with E-state index in [1.807, 2.05) is 0 Å². The molecule has 0 aliphatic heterocycles. The summed E-state index contributed by atoms with van der Waals surface area (Å²) >= 11 is 0. The van der Waals surface area contributed by atoms with Crippen LogP contribution in [0.2, 0.25) is 0 Å². The number of nitrogens with one attached hydrogen (secondary N) is 1. The van der Waals surface area contributed by atoms with Crippen LogP contribution in [0.5, 0.6) is 0 Å². The van der Waals surface area contributed by atoms with Gasteiger partial charge in [0.2, 0.25) is 5.91 Å². The molecule has 0 aromatic carbocycles. The lowest BCUT2D eigenvalue weighted by Gasteiger charge is -2.26. The maximum atomic E-state index is 11.8. The number of aliphatic hydroxyl groups is 1. The molecule has 0 spiro atoms. The van der Waals surface area contributed by atoms with Crippen LogP contribution in [0.3, 0.4) is 0 Å². The smallest absolute Gasteiger partial charge is 0.223 e. The van der Waals surface area contributed by atoms with E-state index in [9.17, 15) is 4.79 Å². The normalized spacial score (nSPS) is 24.6. The average molecular weight is 244 g/mol. The molecule has 1 saturated carbocycles. The SMILES string of the molecule is NCC1CCC(C(=O)NCCOCCO)CC1. The van der Waals surface area contributed by atoms with Gasteiger partial charge in [-0.2, -0.15) is 0 Å². The van der Waals surface area contributed by atoms with E-state index in [0.29, 0.717) is 25.7 Å². The van der Waals surface area contributed by atoms with Gasteiger partial charge in [-0.25, -0.2) is 0 Å². The van der Waals surface area contributed by atoms with Crippen molar-refractivity contribution >= 4 is 5.91 Å². The zero-order chi connectivity index (χ0) is 12.5. The van der Waals surface area contributed by atoms with Crippen molar-refractivity contribution < 1.29 is 14.6 Å². The maximum Gasteiger partial charge on any atom is 0.223 e. The third-order valence-corrected chi connectivity index (χ3v) is 3.33. The summed E-state index contributed by atoms with van der Waals surface area (Å²) in [5.74, 6) is 0.885. The molecule has 5 nitrogen and oxygen atoms in total. The van der Waals surface area contributed by atoms with Crippen LogP contribution >= 0.6 is 0 Å². The van der Waals surface area contributed by atoms with Gasteiger partial charge in [0.05, 0.1) is 19.8 Å². The van der Waals surface area contributed by atoms with E-state index in [2.05, 4.69) is 5.32 Å². The number of aliphatic hydroxyl groups excluding tert-OH is 1. The minimum atomic E-state index is 0.0248.